The van der Waals surface area contributed by atoms with Crippen molar-refractivity contribution in [2.45, 2.75) is 24.0 Å². The molecule has 0 saturated carbocycles. The quantitative estimate of drug-likeness (QED) is 0.450. The molecular formula is C17H18N4O4S. The van der Waals surface area contributed by atoms with Gasteiger partial charge in [0.25, 0.3) is 5.69 Å². The summed E-state index contributed by atoms with van der Waals surface area (Å²) in [6.07, 6.45) is 2.17. The highest BCUT2D eigenvalue weighted by atomic mass is 32.2. The van der Waals surface area contributed by atoms with Crippen molar-refractivity contribution < 1.29 is 14.5 Å². The first kappa shape index (κ1) is 18.3. The monoisotopic (exact) mass is 374 g/mol. The lowest BCUT2D eigenvalue weighted by Gasteiger charge is -2.10. The number of aromatic nitrogens is 2. The van der Waals surface area contributed by atoms with Crippen molar-refractivity contribution in [3.63, 3.8) is 0 Å². The van der Waals surface area contributed by atoms with Crippen molar-refractivity contribution >= 4 is 23.4 Å². The van der Waals surface area contributed by atoms with Gasteiger partial charge < -0.3 is 10.1 Å². The average molecular weight is 374 g/mol. The molecule has 1 atom stereocenters. The summed E-state index contributed by atoms with van der Waals surface area (Å²) >= 11 is 1.31. The first-order chi connectivity index (χ1) is 12.6. The number of hydrogen-bond acceptors (Lipinski definition) is 7. The molecule has 2 aromatic rings. The Labute approximate surface area is 154 Å². The van der Waals surface area contributed by atoms with Gasteiger partial charge in [-0.05, 0) is 37.1 Å². The van der Waals surface area contributed by atoms with E-state index in [2.05, 4.69) is 15.5 Å². The number of nitrogens with one attached hydrogen (secondary N) is 1. The predicted molar refractivity (Wildman–Crippen MR) is 96.8 cm³/mol. The molecule has 0 spiro atoms. The Bertz CT molecular complexity index is 761. The lowest BCUT2D eigenvalue weighted by molar-refractivity contribution is -0.384. The zero-order valence-electron chi connectivity index (χ0n) is 14.0. The van der Waals surface area contributed by atoms with Crippen molar-refractivity contribution in [1.82, 2.24) is 15.5 Å². The lowest BCUT2D eigenvalue weighted by Crippen LogP contribution is -2.32. The van der Waals surface area contributed by atoms with Crippen LogP contribution in [0.3, 0.4) is 0 Å². The maximum atomic E-state index is 11.9. The number of rotatable bonds is 7. The van der Waals surface area contributed by atoms with E-state index < -0.39 is 4.92 Å². The van der Waals surface area contributed by atoms with E-state index >= 15 is 0 Å². The molecule has 1 fully saturated rings. The number of carbonyl (C=O) groups is 1. The molecule has 1 aliphatic rings. The van der Waals surface area contributed by atoms with Gasteiger partial charge in [0.1, 0.15) is 5.03 Å². The van der Waals surface area contributed by atoms with Gasteiger partial charge in [0.2, 0.25) is 5.91 Å². The van der Waals surface area contributed by atoms with Gasteiger partial charge in [0.05, 0.1) is 22.5 Å². The topological polar surface area (TPSA) is 107 Å². The number of amides is 1. The van der Waals surface area contributed by atoms with Crippen LogP contribution in [0.4, 0.5) is 5.69 Å². The summed E-state index contributed by atoms with van der Waals surface area (Å²) in [5, 5.41) is 22.4. The fourth-order valence-electron chi connectivity index (χ4n) is 2.53. The van der Waals surface area contributed by atoms with Crippen LogP contribution in [0.1, 0.15) is 12.8 Å². The number of nitro benzene ring substituents is 1. The van der Waals surface area contributed by atoms with Gasteiger partial charge in [0, 0.05) is 30.8 Å². The van der Waals surface area contributed by atoms with Crippen LogP contribution in [0.5, 0.6) is 0 Å². The molecule has 3 rings (SSSR count). The molecule has 26 heavy (non-hydrogen) atoms. The van der Waals surface area contributed by atoms with E-state index in [1.54, 1.807) is 24.3 Å². The lowest BCUT2D eigenvalue weighted by atomic mass is 10.1. The highest BCUT2D eigenvalue weighted by Crippen LogP contribution is 2.22. The summed E-state index contributed by atoms with van der Waals surface area (Å²) in [5.41, 5.74) is 1.39. The van der Waals surface area contributed by atoms with Gasteiger partial charge >= 0.3 is 0 Å². The molecule has 0 bridgehead atoms. The smallest absolute Gasteiger partial charge is 0.269 e. The van der Waals surface area contributed by atoms with Crippen LogP contribution in [0, 0.1) is 10.1 Å². The number of nitro groups is 1. The third kappa shape index (κ3) is 4.99. The second kappa shape index (κ2) is 8.72. The van der Waals surface area contributed by atoms with Crippen molar-refractivity contribution in [2.75, 3.05) is 18.9 Å². The van der Waals surface area contributed by atoms with E-state index in [-0.39, 0.29) is 23.5 Å². The molecule has 1 saturated heterocycles. The average Bonchev–Trinajstić information content (AvgIpc) is 3.19. The number of thioether (sulfide) groups is 1. The maximum absolute atomic E-state index is 11.9. The molecule has 136 valence electrons. The molecule has 1 aliphatic heterocycles. The summed E-state index contributed by atoms with van der Waals surface area (Å²) in [6.45, 7) is 1.32. The van der Waals surface area contributed by atoms with E-state index in [0.717, 1.165) is 25.0 Å². The maximum Gasteiger partial charge on any atom is 0.269 e. The van der Waals surface area contributed by atoms with Crippen molar-refractivity contribution in [2.24, 2.45) is 0 Å². The van der Waals surface area contributed by atoms with Gasteiger partial charge in [0.15, 0.2) is 0 Å². The summed E-state index contributed by atoms with van der Waals surface area (Å²) in [5.74, 6) is 0.199. The zero-order chi connectivity index (χ0) is 18.4. The van der Waals surface area contributed by atoms with E-state index in [1.165, 1.54) is 23.9 Å². The second-order valence-electron chi connectivity index (χ2n) is 5.79. The number of hydrogen-bond donors (Lipinski definition) is 1. The first-order valence-electron chi connectivity index (χ1n) is 8.21. The van der Waals surface area contributed by atoms with Gasteiger partial charge in [-0.2, -0.15) is 0 Å². The SMILES string of the molecule is O=C(CSc1ccc(-c2ccc([N+](=O)[O-])cc2)nn1)NC[C@H]1CCCO1. The number of nitrogens with zero attached hydrogens (tertiary/aromatic N) is 3. The number of non-ortho nitro benzene ring substituents is 1. The fraction of sp³-hybridized carbons (Fsp3) is 0.353. The van der Waals surface area contributed by atoms with Crippen LogP contribution < -0.4 is 5.32 Å². The number of ether oxygens (including phenoxy) is 1. The van der Waals surface area contributed by atoms with Crippen molar-refractivity contribution in [3.8, 4) is 11.3 Å². The second-order valence-corrected chi connectivity index (χ2v) is 6.78. The molecule has 2 heterocycles. The van der Waals surface area contributed by atoms with E-state index in [9.17, 15) is 14.9 Å². The largest absolute Gasteiger partial charge is 0.376 e. The van der Waals surface area contributed by atoms with Crippen molar-refractivity contribution in [1.29, 1.82) is 0 Å². The number of benzene rings is 1. The molecule has 1 aromatic carbocycles. The Morgan fingerprint density at radius 1 is 1.27 bits per heavy atom. The Balaban J connectivity index is 1.49. The Morgan fingerprint density at radius 2 is 2.08 bits per heavy atom. The minimum atomic E-state index is -0.445. The molecule has 9 heteroatoms. The summed E-state index contributed by atoms with van der Waals surface area (Å²) in [4.78, 5) is 22.1. The third-order valence-corrected chi connectivity index (χ3v) is 4.84. The molecule has 1 aromatic heterocycles. The first-order valence-corrected chi connectivity index (χ1v) is 9.20. The third-order valence-electron chi connectivity index (χ3n) is 3.92. The Morgan fingerprint density at radius 3 is 2.69 bits per heavy atom. The van der Waals surface area contributed by atoms with Crippen LogP contribution >= 0.6 is 11.8 Å². The van der Waals surface area contributed by atoms with Crippen LogP contribution in [0.2, 0.25) is 0 Å². The van der Waals surface area contributed by atoms with Gasteiger partial charge in [-0.1, -0.05) is 11.8 Å². The zero-order valence-corrected chi connectivity index (χ0v) is 14.8. The highest BCUT2D eigenvalue weighted by Gasteiger charge is 2.16. The van der Waals surface area contributed by atoms with Gasteiger partial charge in [-0.3, -0.25) is 14.9 Å². The van der Waals surface area contributed by atoms with Gasteiger partial charge in [-0.25, -0.2) is 0 Å². The summed E-state index contributed by atoms with van der Waals surface area (Å²) in [7, 11) is 0. The van der Waals surface area contributed by atoms with E-state index in [0.29, 0.717) is 17.3 Å². The van der Waals surface area contributed by atoms with E-state index in [4.69, 9.17) is 4.74 Å². The number of carbonyl (C=O) groups excluding carboxylic acids is 1. The summed E-state index contributed by atoms with van der Waals surface area (Å²) < 4.78 is 5.46. The normalized spacial score (nSPS) is 16.4. The molecule has 8 nitrogen and oxygen atoms in total. The molecule has 1 amide bonds. The van der Waals surface area contributed by atoms with Crippen LogP contribution in [0.15, 0.2) is 41.4 Å². The van der Waals surface area contributed by atoms with E-state index in [1.807, 2.05) is 0 Å². The van der Waals surface area contributed by atoms with Crippen LogP contribution in [-0.4, -0.2) is 46.0 Å². The molecule has 0 radical (unpaired) electrons. The van der Waals surface area contributed by atoms with Gasteiger partial charge in [-0.15, -0.1) is 10.2 Å². The Hall–Kier alpha value is -2.52. The highest BCUT2D eigenvalue weighted by molar-refractivity contribution is 7.99. The van der Waals surface area contributed by atoms with Crippen molar-refractivity contribution in [3.05, 3.63) is 46.5 Å². The Kier molecular flexibility index (Phi) is 6.13. The predicted octanol–water partition coefficient (Wildman–Crippen LogP) is 2.44. The fourth-order valence-corrected chi connectivity index (χ4v) is 3.17. The van der Waals surface area contributed by atoms with Crippen LogP contribution in [0.25, 0.3) is 11.3 Å². The standard InChI is InChI=1S/C17H18N4O4S/c22-16(18-10-14-2-1-9-25-14)11-26-17-8-7-15(19-20-17)12-3-5-13(6-4-12)21(23)24/h3-8,14H,1-2,9-11H2,(H,18,22)/t14-/m1/s1. The minimum Gasteiger partial charge on any atom is -0.376 e. The summed E-state index contributed by atoms with van der Waals surface area (Å²) in [6, 6.07) is 9.68. The molecule has 0 unspecified atom stereocenters. The molecular weight excluding hydrogens is 356 g/mol. The minimum absolute atomic E-state index is 0.0305. The molecule has 0 aliphatic carbocycles. The van der Waals surface area contributed by atoms with Crippen LogP contribution in [-0.2, 0) is 9.53 Å². The molecule has 1 N–H and O–H groups in total.